The summed E-state index contributed by atoms with van der Waals surface area (Å²) < 4.78 is 11.7. The lowest BCUT2D eigenvalue weighted by atomic mass is 10.1. The van der Waals surface area contributed by atoms with Gasteiger partial charge in [-0.25, -0.2) is 4.98 Å². The van der Waals surface area contributed by atoms with Crippen molar-refractivity contribution in [2.45, 2.75) is 38.7 Å². The van der Waals surface area contributed by atoms with Crippen LogP contribution < -0.4 is 15.4 Å². The zero-order valence-corrected chi connectivity index (χ0v) is 17.4. The standard InChI is InChI=1S/C22H31N5O2/c1-16-20(19-6-5-14-29-19)25-22(26-21(16)23-2)24-17-7-9-18(10-8-17)28-15-13-27-11-3-4-12-27/h7-10,19H,3-6,11-15H2,1-2H3,(H2,23,24,25,26)/t19-/m0/s1. The number of anilines is 3. The SMILES string of the molecule is CNc1nc(Nc2ccc(OCCN3CCCC3)cc2)nc([C@@H]2CCCO2)c1C. The van der Waals surface area contributed by atoms with Gasteiger partial charge in [-0.3, -0.25) is 4.90 Å². The smallest absolute Gasteiger partial charge is 0.229 e. The van der Waals surface area contributed by atoms with E-state index in [0.717, 1.165) is 61.1 Å². The quantitative estimate of drug-likeness (QED) is 0.700. The van der Waals surface area contributed by atoms with E-state index in [4.69, 9.17) is 14.5 Å². The highest BCUT2D eigenvalue weighted by molar-refractivity contribution is 5.58. The van der Waals surface area contributed by atoms with Crippen molar-refractivity contribution in [3.05, 3.63) is 35.5 Å². The highest BCUT2D eigenvalue weighted by atomic mass is 16.5. The third kappa shape index (κ3) is 4.97. The monoisotopic (exact) mass is 397 g/mol. The Hall–Kier alpha value is -2.38. The number of likely N-dealkylation sites (tertiary alicyclic amines) is 1. The molecule has 2 saturated heterocycles. The van der Waals surface area contributed by atoms with Crippen molar-refractivity contribution in [3.8, 4) is 5.75 Å². The van der Waals surface area contributed by atoms with Crippen LogP contribution in [-0.4, -0.2) is 54.8 Å². The van der Waals surface area contributed by atoms with Gasteiger partial charge in [0.15, 0.2) is 0 Å². The van der Waals surface area contributed by atoms with Gasteiger partial charge in [0, 0.05) is 31.5 Å². The zero-order valence-electron chi connectivity index (χ0n) is 17.4. The first-order chi connectivity index (χ1) is 14.2. The van der Waals surface area contributed by atoms with E-state index < -0.39 is 0 Å². The average molecular weight is 398 g/mol. The lowest BCUT2D eigenvalue weighted by Crippen LogP contribution is -2.25. The number of hydrogen-bond acceptors (Lipinski definition) is 7. The van der Waals surface area contributed by atoms with E-state index in [1.54, 1.807) is 0 Å². The van der Waals surface area contributed by atoms with Crippen LogP contribution in [0.25, 0.3) is 0 Å². The maximum Gasteiger partial charge on any atom is 0.229 e. The van der Waals surface area contributed by atoms with Gasteiger partial charge in [0.2, 0.25) is 5.95 Å². The maximum atomic E-state index is 5.88. The Labute approximate surface area is 172 Å². The Bertz CT molecular complexity index is 800. The molecule has 0 radical (unpaired) electrons. The summed E-state index contributed by atoms with van der Waals surface area (Å²) >= 11 is 0. The molecule has 7 nitrogen and oxygen atoms in total. The van der Waals surface area contributed by atoms with E-state index in [-0.39, 0.29) is 6.10 Å². The van der Waals surface area contributed by atoms with E-state index in [0.29, 0.717) is 5.95 Å². The minimum Gasteiger partial charge on any atom is -0.492 e. The Morgan fingerprint density at radius 2 is 1.93 bits per heavy atom. The summed E-state index contributed by atoms with van der Waals surface area (Å²) in [6.07, 6.45) is 4.75. The number of nitrogens with zero attached hydrogens (tertiary/aromatic N) is 3. The second kappa shape index (κ2) is 9.41. The summed E-state index contributed by atoms with van der Waals surface area (Å²) in [6, 6.07) is 7.97. The molecule has 1 aromatic carbocycles. The molecule has 4 rings (SSSR count). The highest BCUT2D eigenvalue weighted by Crippen LogP contribution is 2.32. The van der Waals surface area contributed by atoms with Crippen molar-refractivity contribution in [2.75, 3.05) is 50.5 Å². The van der Waals surface area contributed by atoms with Crippen molar-refractivity contribution in [2.24, 2.45) is 0 Å². The molecule has 0 spiro atoms. The fourth-order valence-electron chi connectivity index (χ4n) is 4.00. The molecule has 2 aliphatic rings. The summed E-state index contributed by atoms with van der Waals surface area (Å²) in [7, 11) is 1.88. The molecule has 1 aromatic heterocycles. The van der Waals surface area contributed by atoms with Gasteiger partial charge in [0.25, 0.3) is 0 Å². The Balaban J connectivity index is 1.39. The van der Waals surface area contributed by atoms with Gasteiger partial charge in [-0.2, -0.15) is 4.98 Å². The van der Waals surface area contributed by atoms with Gasteiger partial charge in [-0.05, 0) is 70.0 Å². The lowest BCUT2D eigenvalue weighted by molar-refractivity contribution is 0.108. The van der Waals surface area contributed by atoms with Crippen LogP contribution in [0.15, 0.2) is 24.3 Å². The van der Waals surface area contributed by atoms with E-state index in [1.165, 1.54) is 25.9 Å². The minimum atomic E-state index is 0.0528. The predicted octanol–water partition coefficient (Wildman–Crippen LogP) is 3.90. The van der Waals surface area contributed by atoms with Crippen LogP contribution in [0.2, 0.25) is 0 Å². The molecule has 2 N–H and O–H groups in total. The first-order valence-corrected chi connectivity index (χ1v) is 10.6. The largest absolute Gasteiger partial charge is 0.492 e. The number of aromatic nitrogens is 2. The Morgan fingerprint density at radius 1 is 1.14 bits per heavy atom. The zero-order chi connectivity index (χ0) is 20.1. The third-order valence-corrected chi connectivity index (χ3v) is 5.64. The fraction of sp³-hybridized carbons (Fsp3) is 0.545. The van der Waals surface area contributed by atoms with Gasteiger partial charge in [-0.1, -0.05) is 0 Å². The van der Waals surface area contributed by atoms with E-state index in [2.05, 4.69) is 20.5 Å². The summed E-state index contributed by atoms with van der Waals surface area (Å²) in [4.78, 5) is 11.8. The summed E-state index contributed by atoms with van der Waals surface area (Å²) in [5.74, 6) is 2.29. The van der Waals surface area contributed by atoms with Crippen molar-refractivity contribution in [1.82, 2.24) is 14.9 Å². The van der Waals surface area contributed by atoms with E-state index in [1.807, 2.05) is 38.2 Å². The molecule has 1 atom stereocenters. The Kier molecular flexibility index (Phi) is 6.46. The molecular weight excluding hydrogens is 366 g/mol. The number of hydrogen-bond donors (Lipinski definition) is 2. The van der Waals surface area contributed by atoms with Crippen molar-refractivity contribution in [3.63, 3.8) is 0 Å². The number of benzene rings is 1. The molecule has 0 amide bonds. The maximum absolute atomic E-state index is 5.88. The fourth-order valence-corrected chi connectivity index (χ4v) is 4.00. The van der Waals surface area contributed by atoms with Crippen LogP contribution in [-0.2, 0) is 4.74 Å². The first kappa shape index (κ1) is 19.9. The molecule has 2 aliphatic heterocycles. The van der Waals surface area contributed by atoms with Crippen LogP contribution in [0.5, 0.6) is 5.75 Å². The average Bonchev–Trinajstić information content (AvgIpc) is 3.45. The molecule has 156 valence electrons. The topological polar surface area (TPSA) is 71.5 Å². The number of ether oxygens (including phenoxy) is 2. The van der Waals surface area contributed by atoms with Gasteiger partial charge in [-0.15, -0.1) is 0 Å². The molecule has 0 aliphatic carbocycles. The second-order valence-electron chi connectivity index (χ2n) is 7.70. The molecule has 7 heteroatoms. The summed E-state index contributed by atoms with van der Waals surface area (Å²) in [5.41, 5.74) is 2.94. The van der Waals surface area contributed by atoms with E-state index >= 15 is 0 Å². The van der Waals surface area contributed by atoms with Crippen LogP contribution in [0, 0.1) is 6.92 Å². The molecule has 0 saturated carbocycles. The van der Waals surface area contributed by atoms with Crippen molar-refractivity contribution < 1.29 is 9.47 Å². The molecule has 0 unspecified atom stereocenters. The second-order valence-corrected chi connectivity index (χ2v) is 7.70. The minimum absolute atomic E-state index is 0.0528. The predicted molar refractivity (Wildman–Crippen MR) is 115 cm³/mol. The van der Waals surface area contributed by atoms with Crippen LogP contribution in [0.3, 0.4) is 0 Å². The molecule has 3 heterocycles. The van der Waals surface area contributed by atoms with Gasteiger partial charge in [0.05, 0.1) is 5.69 Å². The third-order valence-electron chi connectivity index (χ3n) is 5.64. The Morgan fingerprint density at radius 3 is 2.62 bits per heavy atom. The van der Waals surface area contributed by atoms with Gasteiger partial charge < -0.3 is 20.1 Å². The molecular formula is C22H31N5O2. The summed E-state index contributed by atoms with van der Waals surface area (Å²) in [5, 5.41) is 6.49. The number of nitrogens with one attached hydrogen (secondary N) is 2. The highest BCUT2D eigenvalue weighted by Gasteiger charge is 2.23. The first-order valence-electron chi connectivity index (χ1n) is 10.6. The number of rotatable bonds is 8. The normalized spacial score (nSPS) is 19.4. The van der Waals surface area contributed by atoms with Gasteiger partial charge >= 0.3 is 0 Å². The summed E-state index contributed by atoms with van der Waals surface area (Å²) in [6.45, 7) is 6.96. The lowest BCUT2D eigenvalue weighted by Gasteiger charge is -2.17. The van der Waals surface area contributed by atoms with E-state index in [9.17, 15) is 0 Å². The van der Waals surface area contributed by atoms with Crippen molar-refractivity contribution in [1.29, 1.82) is 0 Å². The molecule has 0 bridgehead atoms. The van der Waals surface area contributed by atoms with Crippen LogP contribution in [0.4, 0.5) is 17.5 Å². The van der Waals surface area contributed by atoms with Gasteiger partial charge in [0.1, 0.15) is 24.3 Å². The van der Waals surface area contributed by atoms with Crippen LogP contribution >= 0.6 is 0 Å². The van der Waals surface area contributed by atoms with Crippen LogP contribution in [0.1, 0.15) is 43.0 Å². The van der Waals surface area contributed by atoms with Crippen molar-refractivity contribution >= 4 is 17.5 Å². The molecule has 29 heavy (non-hydrogen) atoms. The molecule has 2 aromatic rings. The molecule has 2 fully saturated rings.